The molecule has 0 aliphatic rings. The molecule has 5 heteroatoms. The quantitative estimate of drug-likeness (QED) is 0.790. The first-order valence-corrected chi connectivity index (χ1v) is 8.60. The van der Waals surface area contributed by atoms with Crippen LogP contribution in [0.15, 0.2) is 48.5 Å². The van der Waals surface area contributed by atoms with Crippen LogP contribution in [0.25, 0.3) is 0 Å². The number of carbonyl (C=O) groups is 2. The fourth-order valence-electron chi connectivity index (χ4n) is 2.33. The highest BCUT2D eigenvalue weighted by Gasteiger charge is 2.14. The zero-order valence-electron chi connectivity index (χ0n) is 15.7. The van der Waals surface area contributed by atoms with E-state index in [1.54, 1.807) is 31.2 Å². The molecule has 0 unspecified atom stereocenters. The number of rotatable bonds is 6. The van der Waals surface area contributed by atoms with Crippen LogP contribution in [0.2, 0.25) is 0 Å². The molecule has 0 saturated carbocycles. The molecule has 2 aromatic carbocycles. The Labute approximate surface area is 154 Å². The third kappa shape index (κ3) is 5.62. The summed E-state index contributed by atoms with van der Waals surface area (Å²) in [6.45, 7) is 8.27. The summed E-state index contributed by atoms with van der Waals surface area (Å²) in [7, 11) is 0. The molecule has 0 bridgehead atoms. The minimum absolute atomic E-state index is 0.0413. The van der Waals surface area contributed by atoms with Crippen LogP contribution in [-0.2, 0) is 14.9 Å². The zero-order valence-corrected chi connectivity index (χ0v) is 15.7. The number of ether oxygens (including phenoxy) is 2. The molecular weight excluding hydrogens is 330 g/mol. The van der Waals surface area contributed by atoms with Gasteiger partial charge in [-0.15, -0.1) is 0 Å². The van der Waals surface area contributed by atoms with Gasteiger partial charge in [-0.3, -0.25) is 4.79 Å². The highest BCUT2D eigenvalue weighted by molar-refractivity contribution is 6.04. The first-order chi connectivity index (χ1) is 12.3. The second-order valence-corrected chi connectivity index (χ2v) is 6.90. The van der Waals surface area contributed by atoms with Crippen LogP contribution in [0.4, 0.5) is 5.69 Å². The Kier molecular flexibility index (Phi) is 6.39. The third-order valence-electron chi connectivity index (χ3n) is 3.77. The molecule has 0 fully saturated rings. The lowest BCUT2D eigenvalue weighted by molar-refractivity contribution is -0.145. The predicted octanol–water partition coefficient (Wildman–Crippen LogP) is 4.18. The molecule has 1 N–H and O–H groups in total. The Bertz CT molecular complexity index is 760. The van der Waals surface area contributed by atoms with E-state index in [0.29, 0.717) is 23.6 Å². The van der Waals surface area contributed by atoms with Crippen molar-refractivity contribution < 1.29 is 19.1 Å². The molecule has 2 aromatic rings. The predicted molar refractivity (Wildman–Crippen MR) is 102 cm³/mol. The van der Waals surface area contributed by atoms with Crippen molar-refractivity contribution >= 4 is 17.6 Å². The maximum Gasteiger partial charge on any atom is 0.344 e. The average Bonchev–Trinajstić information content (AvgIpc) is 2.60. The van der Waals surface area contributed by atoms with Gasteiger partial charge in [0.05, 0.1) is 6.61 Å². The normalized spacial score (nSPS) is 10.9. The Balaban J connectivity index is 2.00. The molecule has 1 amide bonds. The first-order valence-electron chi connectivity index (χ1n) is 8.60. The number of amides is 1. The van der Waals surface area contributed by atoms with Gasteiger partial charge in [0.15, 0.2) is 6.61 Å². The smallest absolute Gasteiger partial charge is 0.344 e. The molecule has 0 heterocycles. The molecule has 138 valence electrons. The van der Waals surface area contributed by atoms with Crippen LogP contribution in [0.1, 0.15) is 43.6 Å². The van der Waals surface area contributed by atoms with E-state index in [2.05, 4.69) is 26.1 Å². The van der Waals surface area contributed by atoms with E-state index in [1.165, 1.54) is 5.56 Å². The van der Waals surface area contributed by atoms with Crippen molar-refractivity contribution in [1.29, 1.82) is 0 Å². The van der Waals surface area contributed by atoms with Gasteiger partial charge in [0.25, 0.3) is 5.91 Å². The second kappa shape index (κ2) is 8.52. The van der Waals surface area contributed by atoms with Crippen LogP contribution in [0.5, 0.6) is 5.75 Å². The highest BCUT2D eigenvalue weighted by atomic mass is 16.6. The van der Waals surface area contributed by atoms with Gasteiger partial charge in [0, 0.05) is 17.3 Å². The van der Waals surface area contributed by atoms with E-state index in [1.807, 2.05) is 24.3 Å². The standard InChI is InChI=1S/C21H25NO4/c1-5-25-19(23)14-26-18-8-6-7-17(13-18)22-20(24)15-9-11-16(12-10-15)21(2,3)4/h6-13H,5,14H2,1-4H3,(H,22,24). The summed E-state index contributed by atoms with van der Waals surface area (Å²) in [6.07, 6.45) is 0. The molecule has 0 aliphatic heterocycles. The lowest BCUT2D eigenvalue weighted by atomic mass is 9.87. The Morgan fingerprint density at radius 3 is 2.35 bits per heavy atom. The van der Waals surface area contributed by atoms with Gasteiger partial charge >= 0.3 is 5.97 Å². The molecule has 2 rings (SSSR count). The van der Waals surface area contributed by atoms with Gasteiger partial charge in [0.2, 0.25) is 0 Å². The molecular formula is C21H25NO4. The maximum atomic E-state index is 12.4. The van der Waals surface area contributed by atoms with Crippen LogP contribution >= 0.6 is 0 Å². The van der Waals surface area contributed by atoms with E-state index in [4.69, 9.17) is 9.47 Å². The number of anilines is 1. The Morgan fingerprint density at radius 2 is 1.73 bits per heavy atom. The average molecular weight is 355 g/mol. The minimum atomic E-state index is -0.430. The molecule has 26 heavy (non-hydrogen) atoms. The second-order valence-electron chi connectivity index (χ2n) is 6.90. The topological polar surface area (TPSA) is 64.6 Å². The van der Waals surface area contributed by atoms with Crippen molar-refractivity contribution in [2.45, 2.75) is 33.1 Å². The summed E-state index contributed by atoms with van der Waals surface area (Å²) < 4.78 is 10.2. The monoisotopic (exact) mass is 355 g/mol. The third-order valence-corrected chi connectivity index (χ3v) is 3.77. The first kappa shape index (κ1) is 19.5. The Morgan fingerprint density at radius 1 is 1.04 bits per heavy atom. The maximum absolute atomic E-state index is 12.4. The van der Waals surface area contributed by atoms with E-state index in [9.17, 15) is 9.59 Å². The summed E-state index contributed by atoms with van der Waals surface area (Å²) in [6, 6.07) is 14.5. The van der Waals surface area contributed by atoms with Crippen LogP contribution in [0.3, 0.4) is 0 Å². The van der Waals surface area contributed by atoms with Crippen LogP contribution in [-0.4, -0.2) is 25.1 Å². The summed E-state index contributed by atoms with van der Waals surface area (Å²) >= 11 is 0. The van der Waals surface area contributed by atoms with Crippen molar-refractivity contribution in [3.8, 4) is 5.75 Å². The summed E-state index contributed by atoms with van der Waals surface area (Å²) in [5.41, 5.74) is 2.38. The summed E-state index contributed by atoms with van der Waals surface area (Å²) in [5, 5.41) is 2.83. The lowest BCUT2D eigenvalue weighted by Gasteiger charge is -2.19. The van der Waals surface area contributed by atoms with Crippen LogP contribution in [0, 0.1) is 0 Å². The fourth-order valence-corrected chi connectivity index (χ4v) is 2.33. The number of hydrogen-bond acceptors (Lipinski definition) is 4. The summed E-state index contributed by atoms with van der Waals surface area (Å²) in [5.74, 6) is -0.146. The van der Waals surface area contributed by atoms with Gasteiger partial charge in [-0.05, 0) is 42.2 Å². The number of carbonyl (C=O) groups excluding carboxylic acids is 2. The minimum Gasteiger partial charge on any atom is -0.482 e. The number of benzene rings is 2. The van der Waals surface area contributed by atoms with Gasteiger partial charge in [-0.2, -0.15) is 0 Å². The van der Waals surface area contributed by atoms with Gasteiger partial charge < -0.3 is 14.8 Å². The van der Waals surface area contributed by atoms with Gasteiger partial charge in [0.1, 0.15) is 5.75 Å². The molecule has 0 atom stereocenters. The highest BCUT2D eigenvalue weighted by Crippen LogP contribution is 2.23. The fraction of sp³-hybridized carbons (Fsp3) is 0.333. The van der Waals surface area contributed by atoms with Crippen molar-refractivity contribution in [3.05, 3.63) is 59.7 Å². The van der Waals surface area contributed by atoms with E-state index >= 15 is 0 Å². The Hall–Kier alpha value is -2.82. The summed E-state index contributed by atoms with van der Waals surface area (Å²) in [4.78, 5) is 23.8. The zero-order chi connectivity index (χ0) is 19.2. The molecule has 0 aromatic heterocycles. The SMILES string of the molecule is CCOC(=O)COc1cccc(NC(=O)c2ccc(C(C)(C)C)cc2)c1. The van der Waals surface area contributed by atoms with Crippen molar-refractivity contribution in [1.82, 2.24) is 0 Å². The lowest BCUT2D eigenvalue weighted by Crippen LogP contribution is -2.15. The molecule has 5 nitrogen and oxygen atoms in total. The van der Waals surface area contributed by atoms with E-state index < -0.39 is 5.97 Å². The molecule has 0 saturated heterocycles. The van der Waals surface area contributed by atoms with Crippen molar-refractivity contribution in [2.24, 2.45) is 0 Å². The van der Waals surface area contributed by atoms with Gasteiger partial charge in [-0.25, -0.2) is 4.79 Å². The van der Waals surface area contributed by atoms with Crippen LogP contribution < -0.4 is 10.1 Å². The van der Waals surface area contributed by atoms with Gasteiger partial charge in [-0.1, -0.05) is 39.0 Å². The molecule has 0 aliphatic carbocycles. The number of hydrogen-bond donors (Lipinski definition) is 1. The van der Waals surface area contributed by atoms with Crippen molar-refractivity contribution in [3.63, 3.8) is 0 Å². The van der Waals surface area contributed by atoms with E-state index in [0.717, 1.165) is 0 Å². The van der Waals surface area contributed by atoms with Crippen molar-refractivity contribution in [2.75, 3.05) is 18.5 Å². The molecule has 0 radical (unpaired) electrons. The molecule has 0 spiro atoms. The number of nitrogens with one attached hydrogen (secondary N) is 1. The number of esters is 1. The largest absolute Gasteiger partial charge is 0.482 e. The van der Waals surface area contributed by atoms with E-state index in [-0.39, 0.29) is 17.9 Å².